The van der Waals surface area contributed by atoms with E-state index in [1.807, 2.05) is 0 Å². The van der Waals surface area contributed by atoms with E-state index >= 15 is 0 Å². The van der Waals surface area contributed by atoms with Crippen molar-refractivity contribution in [1.29, 1.82) is 0 Å². The van der Waals surface area contributed by atoms with Crippen LogP contribution < -0.4 is 0 Å². The average Bonchev–Trinajstić information content (AvgIpc) is 2.81. The van der Waals surface area contributed by atoms with Crippen molar-refractivity contribution in [2.24, 2.45) is 0 Å². The topological polar surface area (TPSA) is 40.5 Å². The number of rotatable bonds is 9. The number of hydrogen-bond acceptors (Lipinski definition) is 2. The van der Waals surface area contributed by atoms with Gasteiger partial charge in [0.05, 0.1) is 6.42 Å². The van der Waals surface area contributed by atoms with Gasteiger partial charge in [-0.3, -0.25) is 9.69 Å². The van der Waals surface area contributed by atoms with Crippen LogP contribution >= 0.6 is 0 Å². The SMILES string of the molecule is CCCCCCN(CCC(=O)O)C1CCCC1. The highest BCUT2D eigenvalue weighted by atomic mass is 16.4. The molecule has 17 heavy (non-hydrogen) atoms. The Morgan fingerprint density at radius 1 is 1.18 bits per heavy atom. The molecule has 0 aromatic heterocycles. The summed E-state index contributed by atoms with van der Waals surface area (Å²) in [4.78, 5) is 13.1. The van der Waals surface area contributed by atoms with Gasteiger partial charge in [-0.25, -0.2) is 0 Å². The monoisotopic (exact) mass is 241 g/mol. The number of carboxylic acid groups (broad SMARTS) is 1. The van der Waals surface area contributed by atoms with Gasteiger partial charge in [-0.15, -0.1) is 0 Å². The fourth-order valence-electron chi connectivity index (χ4n) is 2.73. The van der Waals surface area contributed by atoms with E-state index in [9.17, 15) is 4.79 Å². The first-order valence-corrected chi connectivity index (χ1v) is 7.20. The van der Waals surface area contributed by atoms with Gasteiger partial charge >= 0.3 is 5.97 Å². The third-order valence-corrected chi connectivity index (χ3v) is 3.75. The van der Waals surface area contributed by atoms with Crippen molar-refractivity contribution >= 4 is 5.97 Å². The van der Waals surface area contributed by atoms with Gasteiger partial charge in [-0.05, 0) is 25.8 Å². The van der Waals surface area contributed by atoms with Gasteiger partial charge in [0.15, 0.2) is 0 Å². The van der Waals surface area contributed by atoms with Gasteiger partial charge in [-0.2, -0.15) is 0 Å². The van der Waals surface area contributed by atoms with E-state index in [0.29, 0.717) is 12.5 Å². The van der Waals surface area contributed by atoms with Crippen LogP contribution in [0.1, 0.15) is 64.7 Å². The van der Waals surface area contributed by atoms with Gasteiger partial charge in [-0.1, -0.05) is 39.0 Å². The maximum atomic E-state index is 10.7. The number of aliphatic carboxylic acids is 1. The van der Waals surface area contributed by atoms with Crippen molar-refractivity contribution in [2.45, 2.75) is 70.8 Å². The van der Waals surface area contributed by atoms with Crippen molar-refractivity contribution in [3.63, 3.8) is 0 Å². The minimum Gasteiger partial charge on any atom is -0.481 e. The van der Waals surface area contributed by atoms with E-state index in [-0.39, 0.29) is 0 Å². The fourth-order valence-corrected chi connectivity index (χ4v) is 2.73. The van der Waals surface area contributed by atoms with Crippen LogP contribution in [0.25, 0.3) is 0 Å². The molecule has 0 unspecified atom stereocenters. The van der Waals surface area contributed by atoms with E-state index in [1.165, 1.54) is 51.4 Å². The standard InChI is InChI=1S/C14H27NO2/c1-2-3-4-7-11-15(12-10-14(16)17)13-8-5-6-9-13/h13H,2-12H2,1H3,(H,16,17). The number of hydrogen-bond donors (Lipinski definition) is 1. The van der Waals surface area contributed by atoms with E-state index < -0.39 is 5.97 Å². The first kappa shape index (κ1) is 14.5. The molecule has 1 rings (SSSR count). The third kappa shape index (κ3) is 6.06. The Balaban J connectivity index is 2.27. The van der Waals surface area contributed by atoms with Gasteiger partial charge in [0.2, 0.25) is 0 Å². The Morgan fingerprint density at radius 3 is 2.47 bits per heavy atom. The number of carbonyl (C=O) groups is 1. The summed E-state index contributed by atoms with van der Waals surface area (Å²) >= 11 is 0. The Hall–Kier alpha value is -0.570. The summed E-state index contributed by atoms with van der Waals surface area (Å²) in [5.41, 5.74) is 0. The second-order valence-electron chi connectivity index (χ2n) is 5.18. The molecule has 0 bridgehead atoms. The van der Waals surface area contributed by atoms with Gasteiger partial charge in [0.25, 0.3) is 0 Å². The van der Waals surface area contributed by atoms with E-state index in [2.05, 4.69) is 11.8 Å². The van der Waals surface area contributed by atoms with Gasteiger partial charge in [0, 0.05) is 12.6 Å². The molecule has 0 saturated heterocycles. The molecular formula is C14H27NO2. The zero-order valence-electron chi connectivity index (χ0n) is 11.2. The molecular weight excluding hydrogens is 214 g/mol. The van der Waals surface area contributed by atoms with Crippen LogP contribution in [0.5, 0.6) is 0 Å². The minimum absolute atomic E-state index is 0.296. The Morgan fingerprint density at radius 2 is 1.88 bits per heavy atom. The van der Waals surface area contributed by atoms with E-state index in [4.69, 9.17) is 5.11 Å². The maximum absolute atomic E-state index is 10.7. The van der Waals surface area contributed by atoms with Crippen molar-refractivity contribution in [3.05, 3.63) is 0 Å². The van der Waals surface area contributed by atoms with Crippen molar-refractivity contribution in [3.8, 4) is 0 Å². The Bertz CT molecular complexity index is 212. The highest BCUT2D eigenvalue weighted by Crippen LogP contribution is 2.24. The molecule has 0 aromatic rings. The number of carboxylic acids is 1. The van der Waals surface area contributed by atoms with Crippen molar-refractivity contribution in [2.75, 3.05) is 13.1 Å². The molecule has 100 valence electrons. The van der Waals surface area contributed by atoms with E-state index in [0.717, 1.165) is 13.1 Å². The number of unbranched alkanes of at least 4 members (excludes halogenated alkanes) is 3. The molecule has 0 amide bonds. The lowest BCUT2D eigenvalue weighted by atomic mass is 10.1. The van der Waals surface area contributed by atoms with Crippen LogP contribution in [0.2, 0.25) is 0 Å². The van der Waals surface area contributed by atoms with Crippen LogP contribution in [0.3, 0.4) is 0 Å². The quantitative estimate of drug-likeness (QED) is 0.630. The highest BCUT2D eigenvalue weighted by molar-refractivity contribution is 5.66. The normalized spacial score (nSPS) is 16.8. The summed E-state index contributed by atoms with van der Waals surface area (Å²) < 4.78 is 0. The second kappa shape index (κ2) is 8.51. The minimum atomic E-state index is -0.665. The summed E-state index contributed by atoms with van der Waals surface area (Å²) in [7, 11) is 0. The fraction of sp³-hybridized carbons (Fsp3) is 0.929. The van der Waals surface area contributed by atoms with Crippen LogP contribution in [-0.4, -0.2) is 35.1 Å². The zero-order valence-corrected chi connectivity index (χ0v) is 11.2. The number of nitrogens with zero attached hydrogens (tertiary/aromatic N) is 1. The smallest absolute Gasteiger partial charge is 0.304 e. The molecule has 1 N–H and O–H groups in total. The lowest BCUT2D eigenvalue weighted by Gasteiger charge is -2.28. The van der Waals surface area contributed by atoms with Gasteiger partial charge in [0.1, 0.15) is 0 Å². The summed E-state index contributed by atoms with van der Waals surface area (Å²) in [6.45, 7) is 4.06. The van der Waals surface area contributed by atoms with Crippen LogP contribution in [-0.2, 0) is 4.79 Å². The highest BCUT2D eigenvalue weighted by Gasteiger charge is 2.22. The molecule has 0 aliphatic heterocycles. The summed E-state index contributed by atoms with van der Waals surface area (Å²) in [5.74, 6) is -0.665. The average molecular weight is 241 g/mol. The lowest BCUT2D eigenvalue weighted by Crippen LogP contribution is -2.35. The van der Waals surface area contributed by atoms with Crippen LogP contribution in [0, 0.1) is 0 Å². The molecule has 0 atom stereocenters. The Kier molecular flexibility index (Phi) is 7.25. The van der Waals surface area contributed by atoms with Crippen LogP contribution in [0.15, 0.2) is 0 Å². The molecule has 3 nitrogen and oxygen atoms in total. The molecule has 1 saturated carbocycles. The summed E-state index contributed by atoms with van der Waals surface area (Å²) in [5, 5.41) is 8.79. The molecule has 0 spiro atoms. The van der Waals surface area contributed by atoms with E-state index in [1.54, 1.807) is 0 Å². The Labute approximate surface area is 105 Å². The molecule has 1 aliphatic carbocycles. The predicted molar refractivity (Wildman–Crippen MR) is 70.2 cm³/mol. The molecule has 0 aromatic carbocycles. The lowest BCUT2D eigenvalue weighted by molar-refractivity contribution is -0.137. The third-order valence-electron chi connectivity index (χ3n) is 3.75. The maximum Gasteiger partial charge on any atom is 0.304 e. The summed E-state index contributed by atoms with van der Waals surface area (Å²) in [6.07, 6.45) is 10.6. The largest absolute Gasteiger partial charge is 0.481 e. The molecule has 1 fully saturated rings. The first-order chi connectivity index (χ1) is 8.24. The second-order valence-corrected chi connectivity index (χ2v) is 5.18. The molecule has 0 radical (unpaired) electrons. The van der Waals surface area contributed by atoms with Crippen molar-refractivity contribution in [1.82, 2.24) is 4.90 Å². The van der Waals surface area contributed by atoms with Crippen LogP contribution in [0.4, 0.5) is 0 Å². The zero-order chi connectivity index (χ0) is 12.5. The first-order valence-electron chi connectivity index (χ1n) is 7.20. The van der Waals surface area contributed by atoms with Crippen molar-refractivity contribution < 1.29 is 9.90 Å². The molecule has 1 aliphatic rings. The molecule has 3 heteroatoms. The summed E-state index contributed by atoms with van der Waals surface area (Å²) in [6, 6.07) is 0.663. The molecule has 0 heterocycles. The van der Waals surface area contributed by atoms with Gasteiger partial charge < -0.3 is 5.11 Å². The predicted octanol–water partition coefficient (Wildman–Crippen LogP) is 3.29.